The number of anilines is 1. The van der Waals surface area contributed by atoms with E-state index < -0.39 is 0 Å². The van der Waals surface area contributed by atoms with Crippen molar-refractivity contribution in [2.24, 2.45) is 0 Å². The van der Waals surface area contributed by atoms with Gasteiger partial charge in [-0.3, -0.25) is 4.90 Å². The van der Waals surface area contributed by atoms with Crippen molar-refractivity contribution in [1.29, 1.82) is 0 Å². The molecule has 2 heterocycles. The summed E-state index contributed by atoms with van der Waals surface area (Å²) < 4.78 is 0. The van der Waals surface area contributed by atoms with Crippen LogP contribution in [0.3, 0.4) is 0 Å². The lowest BCUT2D eigenvalue weighted by Gasteiger charge is -2.35. The van der Waals surface area contributed by atoms with Gasteiger partial charge in [0.1, 0.15) is 12.1 Å². The van der Waals surface area contributed by atoms with E-state index in [1.165, 1.54) is 5.56 Å². The first-order valence-electron chi connectivity index (χ1n) is 8.36. The number of hydrogen-bond donors (Lipinski definition) is 0. The van der Waals surface area contributed by atoms with E-state index in [1.807, 2.05) is 0 Å². The summed E-state index contributed by atoms with van der Waals surface area (Å²) in [6, 6.07) is 12.8. The van der Waals surface area contributed by atoms with Gasteiger partial charge in [0.25, 0.3) is 0 Å². The van der Waals surface area contributed by atoms with Gasteiger partial charge in [0.15, 0.2) is 0 Å². The van der Waals surface area contributed by atoms with Crippen LogP contribution in [0.15, 0.2) is 42.7 Å². The summed E-state index contributed by atoms with van der Waals surface area (Å²) in [4.78, 5) is 13.8. The average molecular weight is 310 g/mol. The zero-order valence-electron chi connectivity index (χ0n) is 14.4. The molecular formula is C19H26N4. The highest BCUT2D eigenvalue weighted by Gasteiger charge is 2.21. The van der Waals surface area contributed by atoms with Crippen LogP contribution in [0.25, 0.3) is 0 Å². The minimum absolute atomic E-state index is 0.0623. The van der Waals surface area contributed by atoms with Crippen LogP contribution in [0.1, 0.15) is 32.0 Å². The number of piperazine rings is 1. The zero-order chi connectivity index (χ0) is 16.3. The van der Waals surface area contributed by atoms with Gasteiger partial charge in [-0.2, -0.15) is 0 Å². The Hall–Kier alpha value is -1.94. The van der Waals surface area contributed by atoms with Gasteiger partial charge in [0.05, 0.1) is 5.69 Å². The summed E-state index contributed by atoms with van der Waals surface area (Å²) in [5.41, 5.74) is 2.56. The molecule has 0 amide bonds. The first-order chi connectivity index (χ1) is 11.0. The predicted octanol–water partition coefficient (Wildman–Crippen LogP) is 3.10. The molecule has 0 bridgehead atoms. The van der Waals surface area contributed by atoms with E-state index in [1.54, 1.807) is 6.33 Å². The number of nitrogens with zero attached hydrogens (tertiary/aromatic N) is 4. The van der Waals surface area contributed by atoms with Crippen molar-refractivity contribution in [2.75, 3.05) is 31.1 Å². The Bertz CT molecular complexity index is 625. The molecule has 122 valence electrons. The van der Waals surface area contributed by atoms with Crippen molar-refractivity contribution in [1.82, 2.24) is 14.9 Å². The Balaban J connectivity index is 1.61. The van der Waals surface area contributed by atoms with E-state index in [4.69, 9.17) is 0 Å². The summed E-state index contributed by atoms with van der Waals surface area (Å²) in [5, 5.41) is 0. The summed E-state index contributed by atoms with van der Waals surface area (Å²) in [5.74, 6) is 1.06. The van der Waals surface area contributed by atoms with Crippen LogP contribution in [-0.2, 0) is 12.0 Å². The highest BCUT2D eigenvalue weighted by atomic mass is 15.3. The molecule has 0 spiro atoms. The maximum Gasteiger partial charge on any atom is 0.132 e. The molecule has 1 aliphatic rings. The molecule has 0 radical (unpaired) electrons. The van der Waals surface area contributed by atoms with Crippen LogP contribution < -0.4 is 4.90 Å². The fourth-order valence-corrected chi connectivity index (χ4v) is 2.91. The van der Waals surface area contributed by atoms with Gasteiger partial charge in [0.2, 0.25) is 0 Å². The standard InChI is InChI=1S/C19H26N4/c1-19(2,3)17-13-18(21-15-20-17)23-11-9-22(10-12-23)14-16-7-5-4-6-8-16/h4-8,13,15H,9-12,14H2,1-3H3. The molecule has 1 aromatic carbocycles. The van der Waals surface area contributed by atoms with Crippen LogP contribution in [0.4, 0.5) is 5.82 Å². The molecule has 0 saturated carbocycles. The minimum atomic E-state index is 0.0623. The molecule has 4 nitrogen and oxygen atoms in total. The molecule has 4 heteroatoms. The van der Waals surface area contributed by atoms with E-state index in [-0.39, 0.29) is 5.41 Å². The summed E-state index contributed by atoms with van der Waals surface area (Å²) in [6.45, 7) is 11.8. The second kappa shape index (κ2) is 6.67. The molecule has 1 fully saturated rings. The van der Waals surface area contributed by atoms with Crippen LogP contribution >= 0.6 is 0 Å². The maximum atomic E-state index is 4.48. The van der Waals surface area contributed by atoms with Crippen molar-refractivity contribution in [3.05, 3.63) is 54.0 Å². The third kappa shape index (κ3) is 4.08. The molecule has 0 atom stereocenters. The number of aromatic nitrogens is 2. The Morgan fingerprint density at radius 3 is 2.30 bits per heavy atom. The van der Waals surface area contributed by atoms with Crippen molar-refractivity contribution < 1.29 is 0 Å². The molecule has 1 saturated heterocycles. The predicted molar refractivity (Wildman–Crippen MR) is 94.7 cm³/mol. The zero-order valence-corrected chi connectivity index (χ0v) is 14.4. The van der Waals surface area contributed by atoms with E-state index in [0.29, 0.717) is 0 Å². The van der Waals surface area contributed by atoms with Crippen molar-refractivity contribution >= 4 is 5.82 Å². The van der Waals surface area contributed by atoms with Crippen LogP contribution in [0, 0.1) is 0 Å². The fourth-order valence-electron chi connectivity index (χ4n) is 2.91. The summed E-state index contributed by atoms with van der Waals surface area (Å²) in [6.07, 6.45) is 1.70. The van der Waals surface area contributed by atoms with E-state index >= 15 is 0 Å². The monoisotopic (exact) mass is 310 g/mol. The fraction of sp³-hybridized carbons (Fsp3) is 0.474. The van der Waals surface area contributed by atoms with Gasteiger partial charge < -0.3 is 4.90 Å². The van der Waals surface area contributed by atoms with Gasteiger partial charge in [-0.15, -0.1) is 0 Å². The number of rotatable bonds is 3. The summed E-state index contributed by atoms with van der Waals surface area (Å²) in [7, 11) is 0. The van der Waals surface area contributed by atoms with Crippen molar-refractivity contribution in [3.8, 4) is 0 Å². The molecule has 1 aliphatic heterocycles. The molecule has 1 aromatic heterocycles. The average Bonchev–Trinajstić information content (AvgIpc) is 2.56. The SMILES string of the molecule is CC(C)(C)c1cc(N2CCN(Cc3ccccc3)CC2)ncn1. The largest absolute Gasteiger partial charge is 0.354 e. The minimum Gasteiger partial charge on any atom is -0.354 e. The highest BCUT2D eigenvalue weighted by Crippen LogP contribution is 2.23. The molecule has 0 aliphatic carbocycles. The Labute approximate surface area is 139 Å². The molecule has 0 N–H and O–H groups in total. The second-order valence-electron chi connectivity index (χ2n) is 7.26. The van der Waals surface area contributed by atoms with E-state index in [9.17, 15) is 0 Å². The highest BCUT2D eigenvalue weighted by molar-refractivity contribution is 5.41. The molecule has 23 heavy (non-hydrogen) atoms. The first-order valence-corrected chi connectivity index (χ1v) is 8.36. The van der Waals surface area contributed by atoms with E-state index in [0.717, 1.165) is 44.2 Å². The number of benzene rings is 1. The topological polar surface area (TPSA) is 32.3 Å². The van der Waals surface area contributed by atoms with Crippen LogP contribution in [0.2, 0.25) is 0 Å². The molecule has 2 aromatic rings. The quantitative estimate of drug-likeness (QED) is 0.872. The van der Waals surface area contributed by atoms with Gasteiger partial charge in [-0.1, -0.05) is 51.1 Å². The molecule has 0 unspecified atom stereocenters. The molecular weight excluding hydrogens is 284 g/mol. The Kier molecular flexibility index (Phi) is 4.62. The lowest BCUT2D eigenvalue weighted by Crippen LogP contribution is -2.46. The molecule has 3 rings (SSSR count). The third-order valence-corrected chi connectivity index (χ3v) is 4.37. The lowest BCUT2D eigenvalue weighted by molar-refractivity contribution is 0.249. The Morgan fingerprint density at radius 1 is 0.957 bits per heavy atom. The van der Waals surface area contributed by atoms with Crippen molar-refractivity contribution in [3.63, 3.8) is 0 Å². The summed E-state index contributed by atoms with van der Waals surface area (Å²) >= 11 is 0. The van der Waals surface area contributed by atoms with Gasteiger partial charge >= 0.3 is 0 Å². The lowest BCUT2D eigenvalue weighted by atomic mass is 9.92. The van der Waals surface area contributed by atoms with Crippen LogP contribution in [0.5, 0.6) is 0 Å². The van der Waals surface area contributed by atoms with Crippen molar-refractivity contribution in [2.45, 2.75) is 32.7 Å². The Morgan fingerprint density at radius 2 is 1.65 bits per heavy atom. The van der Waals surface area contributed by atoms with Gasteiger partial charge in [-0.05, 0) is 5.56 Å². The third-order valence-electron chi connectivity index (χ3n) is 4.37. The smallest absolute Gasteiger partial charge is 0.132 e. The van der Waals surface area contributed by atoms with E-state index in [2.05, 4.69) is 76.9 Å². The van der Waals surface area contributed by atoms with Crippen LogP contribution in [-0.4, -0.2) is 41.0 Å². The van der Waals surface area contributed by atoms with Gasteiger partial charge in [0, 0.05) is 44.2 Å². The maximum absolute atomic E-state index is 4.48. The van der Waals surface area contributed by atoms with Gasteiger partial charge in [-0.25, -0.2) is 9.97 Å². The first kappa shape index (κ1) is 15.9. The number of hydrogen-bond acceptors (Lipinski definition) is 4. The second-order valence-corrected chi connectivity index (χ2v) is 7.26. The normalized spacial score (nSPS) is 16.6.